The molecule has 0 N–H and O–H groups in total. The molecule has 106 valence electrons. The van der Waals surface area contributed by atoms with Crippen LogP contribution in [0.1, 0.15) is 36.6 Å². The van der Waals surface area contributed by atoms with E-state index in [0.29, 0.717) is 6.42 Å². The van der Waals surface area contributed by atoms with Crippen molar-refractivity contribution in [3.63, 3.8) is 0 Å². The smallest absolute Gasteiger partial charge is 0.159 e. The fraction of sp³-hybridized carbons (Fsp3) is 0.211. The molecular formula is C19H19NO. The lowest BCUT2D eigenvalue weighted by atomic mass is 9.94. The monoisotopic (exact) mass is 277 g/mol. The maximum atomic E-state index is 11.8. The Labute approximate surface area is 125 Å². The van der Waals surface area contributed by atoms with E-state index in [1.165, 1.54) is 11.1 Å². The van der Waals surface area contributed by atoms with Gasteiger partial charge in [0.15, 0.2) is 5.78 Å². The highest BCUT2D eigenvalue weighted by molar-refractivity contribution is 5.91. The minimum Gasteiger partial charge on any atom is -0.363 e. The molecule has 2 aromatic rings. The third kappa shape index (κ3) is 2.89. The zero-order valence-corrected chi connectivity index (χ0v) is 12.1. The van der Waals surface area contributed by atoms with Gasteiger partial charge in [0.2, 0.25) is 0 Å². The molecule has 0 fully saturated rings. The van der Waals surface area contributed by atoms with Gasteiger partial charge in [-0.05, 0) is 24.1 Å². The molecule has 0 aliphatic carbocycles. The molecular weight excluding hydrogens is 258 g/mol. The maximum absolute atomic E-state index is 11.8. The van der Waals surface area contributed by atoms with Gasteiger partial charge in [-0.3, -0.25) is 4.79 Å². The normalized spacial score (nSPS) is 19.6. The molecule has 2 heteroatoms. The SMILES string of the molecule is C[C@H](c1ccccc1)N1C=CC(=O)C[C@H]1c1ccccc1. The van der Waals surface area contributed by atoms with Crippen LogP contribution in [0.2, 0.25) is 0 Å². The summed E-state index contributed by atoms with van der Waals surface area (Å²) in [7, 11) is 0. The molecule has 2 nitrogen and oxygen atoms in total. The average molecular weight is 277 g/mol. The number of hydrogen-bond donors (Lipinski definition) is 0. The molecule has 1 aliphatic rings. The van der Waals surface area contributed by atoms with Gasteiger partial charge >= 0.3 is 0 Å². The van der Waals surface area contributed by atoms with Crippen molar-refractivity contribution in [2.45, 2.75) is 25.4 Å². The van der Waals surface area contributed by atoms with Gasteiger partial charge in [0.1, 0.15) is 0 Å². The molecule has 21 heavy (non-hydrogen) atoms. The van der Waals surface area contributed by atoms with Crippen LogP contribution in [-0.4, -0.2) is 10.7 Å². The molecule has 0 saturated carbocycles. The second-order valence-electron chi connectivity index (χ2n) is 5.45. The van der Waals surface area contributed by atoms with Gasteiger partial charge in [-0.1, -0.05) is 60.7 Å². The first kappa shape index (κ1) is 13.6. The summed E-state index contributed by atoms with van der Waals surface area (Å²) in [5.74, 6) is 0.195. The van der Waals surface area contributed by atoms with Crippen molar-refractivity contribution < 1.29 is 4.79 Å². The summed E-state index contributed by atoms with van der Waals surface area (Å²) in [6.45, 7) is 2.19. The van der Waals surface area contributed by atoms with E-state index in [-0.39, 0.29) is 17.9 Å². The Balaban J connectivity index is 1.94. The number of benzene rings is 2. The first-order chi connectivity index (χ1) is 10.3. The summed E-state index contributed by atoms with van der Waals surface area (Å²) in [6, 6.07) is 21.0. The minimum atomic E-state index is 0.110. The summed E-state index contributed by atoms with van der Waals surface area (Å²) in [6.07, 6.45) is 4.18. The average Bonchev–Trinajstić information content (AvgIpc) is 2.56. The van der Waals surface area contributed by atoms with Crippen LogP contribution in [0.5, 0.6) is 0 Å². The van der Waals surface area contributed by atoms with E-state index < -0.39 is 0 Å². The van der Waals surface area contributed by atoms with E-state index in [1.54, 1.807) is 6.08 Å². The number of allylic oxidation sites excluding steroid dienone is 1. The molecule has 0 radical (unpaired) electrons. The largest absolute Gasteiger partial charge is 0.363 e. The van der Waals surface area contributed by atoms with E-state index >= 15 is 0 Å². The maximum Gasteiger partial charge on any atom is 0.159 e. The van der Waals surface area contributed by atoms with Crippen molar-refractivity contribution in [2.24, 2.45) is 0 Å². The predicted molar refractivity (Wildman–Crippen MR) is 84.6 cm³/mol. The Kier molecular flexibility index (Phi) is 3.87. The number of ketones is 1. The van der Waals surface area contributed by atoms with E-state index in [4.69, 9.17) is 0 Å². The van der Waals surface area contributed by atoms with Gasteiger partial charge in [-0.2, -0.15) is 0 Å². The van der Waals surface area contributed by atoms with Gasteiger partial charge in [-0.25, -0.2) is 0 Å². The van der Waals surface area contributed by atoms with Crippen molar-refractivity contribution >= 4 is 5.78 Å². The number of carbonyl (C=O) groups excluding carboxylic acids is 1. The van der Waals surface area contributed by atoms with Gasteiger partial charge < -0.3 is 4.90 Å². The van der Waals surface area contributed by atoms with Crippen molar-refractivity contribution in [3.05, 3.63) is 84.1 Å². The number of nitrogens with zero attached hydrogens (tertiary/aromatic N) is 1. The lowest BCUT2D eigenvalue weighted by molar-refractivity contribution is -0.116. The first-order valence-corrected chi connectivity index (χ1v) is 7.34. The Hall–Kier alpha value is -2.35. The number of hydrogen-bond acceptors (Lipinski definition) is 2. The van der Waals surface area contributed by atoms with E-state index in [2.05, 4.69) is 48.2 Å². The lowest BCUT2D eigenvalue weighted by Crippen LogP contribution is -2.31. The third-order valence-electron chi connectivity index (χ3n) is 4.10. The second kappa shape index (κ2) is 5.96. The van der Waals surface area contributed by atoms with Crippen molar-refractivity contribution in [1.29, 1.82) is 0 Å². The fourth-order valence-corrected chi connectivity index (χ4v) is 2.90. The Morgan fingerprint density at radius 1 is 1.00 bits per heavy atom. The molecule has 2 atom stereocenters. The van der Waals surface area contributed by atoms with Crippen LogP contribution in [0.3, 0.4) is 0 Å². The van der Waals surface area contributed by atoms with Crippen LogP contribution < -0.4 is 0 Å². The minimum absolute atomic E-state index is 0.110. The number of carbonyl (C=O) groups is 1. The van der Waals surface area contributed by atoms with Gasteiger partial charge in [0, 0.05) is 12.6 Å². The highest BCUT2D eigenvalue weighted by Gasteiger charge is 2.27. The Morgan fingerprint density at radius 2 is 1.62 bits per heavy atom. The molecule has 0 spiro atoms. The fourth-order valence-electron chi connectivity index (χ4n) is 2.90. The van der Waals surface area contributed by atoms with E-state index in [0.717, 1.165) is 0 Å². The highest BCUT2D eigenvalue weighted by Crippen LogP contribution is 2.35. The standard InChI is InChI=1S/C19H19NO/c1-15(16-8-4-2-5-9-16)20-13-12-18(21)14-19(20)17-10-6-3-7-11-17/h2-13,15,19H,14H2,1H3/t15-,19+/m1/s1. The molecule has 0 aromatic heterocycles. The Bertz CT molecular complexity index is 633. The molecule has 2 aromatic carbocycles. The highest BCUT2D eigenvalue weighted by atomic mass is 16.1. The van der Waals surface area contributed by atoms with Gasteiger partial charge in [0.25, 0.3) is 0 Å². The van der Waals surface area contributed by atoms with E-state index in [9.17, 15) is 4.79 Å². The van der Waals surface area contributed by atoms with Crippen molar-refractivity contribution in [1.82, 2.24) is 4.90 Å². The quantitative estimate of drug-likeness (QED) is 0.834. The van der Waals surface area contributed by atoms with Crippen LogP contribution in [-0.2, 0) is 4.79 Å². The molecule has 0 bridgehead atoms. The summed E-state index contributed by atoms with van der Waals surface area (Å²) < 4.78 is 0. The van der Waals surface area contributed by atoms with Crippen molar-refractivity contribution in [2.75, 3.05) is 0 Å². The van der Waals surface area contributed by atoms with Crippen LogP contribution in [0, 0.1) is 0 Å². The van der Waals surface area contributed by atoms with Gasteiger partial charge in [0.05, 0.1) is 12.1 Å². The van der Waals surface area contributed by atoms with Crippen LogP contribution in [0.4, 0.5) is 0 Å². The lowest BCUT2D eigenvalue weighted by Gasteiger charge is -2.38. The van der Waals surface area contributed by atoms with Crippen LogP contribution in [0.15, 0.2) is 72.9 Å². The summed E-state index contributed by atoms with van der Waals surface area (Å²) in [5.41, 5.74) is 2.45. The zero-order chi connectivity index (χ0) is 14.7. The van der Waals surface area contributed by atoms with E-state index in [1.807, 2.05) is 30.5 Å². The molecule has 1 aliphatic heterocycles. The summed E-state index contributed by atoms with van der Waals surface area (Å²) >= 11 is 0. The Morgan fingerprint density at radius 3 is 2.29 bits per heavy atom. The molecule has 0 unspecified atom stereocenters. The molecule has 3 rings (SSSR count). The second-order valence-corrected chi connectivity index (χ2v) is 5.45. The van der Waals surface area contributed by atoms with Gasteiger partial charge in [-0.15, -0.1) is 0 Å². The zero-order valence-electron chi connectivity index (χ0n) is 12.1. The first-order valence-electron chi connectivity index (χ1n) is 7.34. The summed E-state index contributed by atoms with van der Waals surface area (Å²) in [4.78, 5) is 14.1. The molecule has 0 saturated heterocycles. The molecule has 0 amide bonds. The van der Waals surface area contributed by atoms with Crippen molar-refractivity contribution in [3.8, 4) is 0 Å². The topological polar surface area (TPSA) is 20.3 Å². The van der Waals surface area contributed by atoms with Crippen LogP contribution >= 0.6 is 0 Å². The van der Waals surface area contributed by atoms with Crippen LogP contribution in [0.25, 0.3) is 0 Å². The number of rotatable bonds is 3. The predicted octanol–water partition coefficient (Wildman–Crippen LogP) is 4.28. The third-order valence-corrected chi connectivity index (χ3v) is 4.10. The summed E-state index contributed by atoms with van der Waals surface area (Å²) in [5, 5.41) is 0. The molecule has 1 heterocycles.